The topological polar surface area (TPSA) is 90.3 Å². The summed E-state index contributed by atoms with van der Waals surface area (Å²) in [5.41, 5.74) is 1.28. The third-order valence-electron chi connectivity index (χ3n) is 5.32. The average molecular weight is 435 g/mol. The van der Waals surface area contributed by atoms with E-state index in [1.54, 1.807) is 53.3 Å². The van der Waals surface area contributed by atoms with Gasteiger partial charge in [0.25, 0.3) is 11.7 Å². The van der Waals surface area contributed by atoms with Gasteiger partial charge in [0.15, 0.2) is 0 Å². The van der Waals surface area contributed by atoms with Gasteiger partial charge in [0, 0.05) is 18.2 Å². The first-order valence-corrected chi connectivity index (χ1v) is 10.3. The van der Waals surface area contributed by atoms with E-state index in [4.69, 9.17) is 0 Å². The Kier molecular flexibility index (Phi) is 6.11. The van der Waals surface area contributed by atoms with E-state index in [0.29, 0.717) is 0 Å². The van der Waals surface area contributed by atoms with Gasteiger partial charge < -0.3 is 10.1 Å². The zero-order chi connectivity index (χ0) is 22.7. The Labute approximate surface area is 184 Å². The van der Waals surface area contributed by atoms with Gasteiger partial charge in [0.2, 0.25) is 0 Å². The van der Waals surface area contributed by atoms with Crippen LogP contribution in [0.1, 0.15) is 34.8 Å². The van der Waals surface area contributed by atoms with Gasteiger partial charge in [-0.1, -0.05) is 42.5 Å². The number of aromatic nitrogens is 2. The Balaban J connectivity index is 1.66. The Morgan fingerprint density at radius 1 is 1.12 bits per heavy atom. The molecule has 7 nitrogen and oxygen atoms in total. The number of ether oxygens (including phenoxy) is 1. The van der Waals surface area contributed by atoms with Gasteiger partial charge in [-0.25, -0.2) is 9.18 Å². The molecule has 0 radical (unpaired) electrons. The number of Topliss-reactive ketones (excluding diaryl/α,β-unsaturated/α-hetero) is 1. The first-order valence-electron chi connectivity index (χ1n) is 10.3. The summed E-state index contributed by atoms with van der Waals surface area (Å²) in [6.07, 6.45) is 3.52. The number of halogens is 1. The van der Waals surface area contributed by atoms with E-state index in [9.17, 15) is 18.8 Å². The third kappa shape index (κ3) is 4.59. The summed E-state index contributed by atoms with van der Waals surface area (Å²) >= 11 is 0. The monoisotopic (exact) mass is 435 g/mol. The second-order valence-corrected chi connectivity index (χ2v) is 7.65. The van der Waals surface area contributed by atoms with Crippen molar-refractivity contribution in [2.24, 2.45) is 0 Å². The average Bonchev–Trinajstić information content (AvgIpc) is 3.57. The van der Waals surface area contributed by atoms with Crippen molar-refractivity contribution in [1.82, 2.24) is 15.1 Å². The molecule has 32 heavy (non-hydrogen) atoms. The molecule has 8 heteroatoms. The van der Waals surface area contributed by atoms with Gasteiger partial charge in [-0.15, -0.1) is 0 Å². The normalized spacial score (nSPS) is 13.9. The lowest BCUT2D eigenvalue weighted by atomic mass is 10.0. The van der Waals surface area contributed by atoms with Gasteiger partial charge in [-0.3, -0.25) is 14.3 Å². The summed E-state index contributed by atoms with van der Waals surface area (Å²) in [6, 6.07) is 14.1. The summed E-state index contributed by atoms with van der Waals surface area (Å²) in [4.78, 5) is 37.7. The molecule has 1 heterocycles. The van der Waals surface area contributed by atoms with Crippen LogP contribution in [0.2, 0.25) is 0 Å². The molecule has 1 N–H and O–H groups in total. The van der Waals surface area contributed by atoms with Crippen LogP contribution in [-0.2, 0) is 20.7 Å². The van der Waals surface area contributed by atoms with E-state index in [0.717, 1.165) is 25.5 Å². The third-order valence-corrected chi connectivity index (χ3v) is 5.32. The number of esters is 1. The van der Waals surface area contributed by atoms with Crippen LogP contribution in [0.15, 0.2) is 60.8 Å². The minimum Gasteiger partial charge on any atom is -0.463 e. The van der Waals surface area contributed by atoms with Crippen LogP contribution in [0.3, 0.4) is 0 Å². The molecule has 0 spiro atoms. The number of rotatable bonds is 8. The van der Waals surface area contributed by atoms with Crippen LogP contribution >= 0.6 is 0 Å². The smallest absolute Gasteiger partial charge is 0.376 e. The number of methoxy groups -OCH3 is 1. The van der Waals surface area contributed by atoms with Crippen LogP contribution in [0, 0.1) is 5.82 Å². The second kappa shape index (κ2) is 9.13. The minimum absolute atomic E-state index is 0.103. The van der Waals surface area contributed by atoms with Crippen molar-refractivity contribution in [2.45, 2.75) is 31.3 Å². The number of benzene rings is 2. The number of nitrogens with one attached hydrogen (secondary N) is 1. The lowest BCUT2D eigenvalue weighted by molar-refractivity contribution is -0.152. The van der Waals surface area contributed by atoms with Crippen molar-refractivity contribution in [3.8, 4) is 11.3 Å². The number of amides is 1. The second-order valence-electron chi connectivity index (χ2n) is 7.65. The zero-order valence-electron chi connectivity index (χ0n) is 17.5. The van der Waals surface area contributed by atoms with Crippen LogP contribution < -0.4 is 5.32 Å². The minimum atomic E-state index is -1.14. The first kappa shape index (κ1) is 21.4. The van der Waals surface area contributed by atoms with Gasteiger partial charge in [-0.2, -0.15) is 5.10 Å². The fraction of sp³-hybridized carbons (Fsp3) is 0.250. The number of ketones is 1. The maximum Gasteiger partial charge on any atom is 0.376 e. The maximum atomic E-state index is 14.5. The van der Waals surface area contributed by atoms with Crippen molar-refractivity contribution >= 4 is 17.7 Å². The molecule has 0 aliphatic heterocycles. The number of carbonyl (C=O) groups is 3. The van der Waals surface area contributed by atoms with Crippen molar-refractivity contribution in [1.29, 1.82) is 0 Å². The zero-order valence-corrected chi connectivity index (χ0v) is 17.5. The highest BCUT2D eigenvalue weighted by Gasteiger charge is 2.32. The largest absolute Gasteiger partial charge is 0.463 e. The van der Waals surface area contributed by atoms with Crippen molar-refractivity contribution in [2.75, 3.05) is 7.11 Å². The molecule has 1 unspecified atom stereocenters. The molecule has 3 aromatic rings. The Morgan fingerprint density at radius 2 is 1.81 bits per heavy atom. The highest BCUT2D eigenvalue weighted by Crippen LogP contribution is 2.36. The maximum absolute atomic E-state index is 14.5. The van der Waals surface area contributed by atoms with E-state index in [1.165, 1.54) is 6.07 Å². The van der Waals surface area contributed by atoms with Gasteiger partial charge in [0.05, 0.1) is 18.7 Å². The fourth-order valence-electron chi connectivity index (χ4n) is 3.47. The molecular weight excluding hydrogens is 413 g/mol. The van der Waals surface area contributed by atoms with Crippen molar-refractivity contribution < 1.29 is 23.5 Å². The molecule has 164 valence electrons. The first-order chi connectivity index (χ1) is 15.5. The van der Waals surface area contributed by atoms with E-state index >= 15 is 0 Å². The highest BCUT2D eigenvalue weighted by atomic mass is 19.1. The summed E-state index contributed by atoms with van der Waals surface area (Å²) < 4.78 is 20.7. The molecule has 1 amide bonds. The summed E-state index contributed by atoms with van der Waals surface area (Å²) in [5, 5.41) is 7.09. The fourth-order valence-corrected chi connectivity index (χ4v) is 3.47. The van der Waals surface area contributed by atoms with Crippen LogP contribution in [0.25, 0.3) is 11.3 Å². The molecular formula is C24H22FN3O4. The van der Waals surface area contributed by atoms with Gasteiger partial charge in [-0.05, 0) is 30.5 Å². The lowest BCUT2D eigenvalue weighted by Crippen LogP contribution is -2.45. The Hall–Kier alpha value is -3.81. The molecule has 0 saturated heterocycles. The Bertz CT molecular complexity index is 1160. The van der Waals surface area contributed by atoms with Gasteiger partial charge >= 0.3 is 5.97 Å². The SMILES string of the molecule is COC(=O)C(=O)C(Cc1ccccc1)NC(=O)c1cn(C2CC2)nc1-c1ccccc1F. The number of carbonyl (C=O) groups excluding carboxylic acids is 3. The van der Waals surface area contributed by atoms with E-state index in [2.05, 4.69) is 15.2 Å². The van der Waals surface area contributed by atoms with Crippen LogP contribution in [-0.4, -0.2) is 40.6 Å². The Morgan fingerprint density at radius 3 is 2.47 bits per heavy atom. The summed E-state index contributed by atoms with van der Waals surface area (Å²) in [5.74, 6) is -3.04. The molecule has 1 atom stereocenters. The predicted octanol–water partition coefficient (Wildman–Crippen LogP) is 3.11. The van der Waals surface area contributed by atoms with Gasteiger partial charge in [0.1, 0.15) is 17.6 Å². The van der Waals surface area contributed by atoms with E-state index in [-0.39, 0.29) is 29.3 Å². The molecule has 1 aromatic heterocycles. The number of hydrogen-bond acceptors (Lipinski definition) is 5. The lowest BCUT2D eigenvalue weighted by Gasteiger charge is -2.17. The molecule has 1 fully saturated rings. The molecule has 2 aromatic carbocycles. The van der Waals surface area contributed by atoms with E-state index in [1.807, 2.05) is 6.07 Å². The standard InChI is InChI=1S/C24H22FN3O4/c1-32-24(31)22(29)20(13-15-7-3-2-4-8-15)26-23(30)18-14-28(16-11-12-16)27-21(18)17-9-5-6-10-19(17)25/h2-10,14,16,20H,11-13H2,1H3,(H,26,30). The van der Waals surface area contributed by atoms with Crippen molar-refractivity contribution in [3.63, 3.8) is 0 Å². The highest BCUT2D eigenvalue weighted by molar-refractivity contribution is 6.36. The summed E-state index contributed by atoms with van der Waals surface area (Å²) in [6.45, 7) is 0. The molecule has 1 saturated carbocycles. The molecule has 1 aliphatic rings. The van der Waals surface area contributed by atoms with Crippen LogP contribution in [0.4, 0.5) is 4.39 Å². The van der Waals surface area contributed by atoms with Crippen molar-refractivity contribution in [3.05, 3.63) is 77.7 Å². The quantitative estimate of drug-likeness (QED) is 0.434. The van der Waals surface area contributed by atoms with Crippen LogP contribution in [0.5, 0.6) is 0 Å². The molecule has 4 rings (SSSR count). The summed E-state index contributed by atoms with van der Waals surface area (Å²) in [7, 11) is 1.11. The molecule has 1 aliphatic carbocycles. The predicted molar refractivity (Wildman–Crippen MR) is 114 cm³/mol. The number of hydrogen-bond donors (Lipinski definition) is 1. The van der Waals surface area contributed by atoms with E-state index < -0.39 is 29.5 Å². The molecule has 0 bridgehead atoms. The number of nitrogens with zero attached hydrogens (tertiary/aromatic N) is 2.